The molecule has 1 heterocycles. The number of ether oxygens (including phenoxy) is 2. The van der Waals surface area contributed by atoms with Crippen LogP contribution in [-0.4, -0.2) is 30.4 Å². The summed E-state index contributed by atoms with van der Waals surface area (Å²) in [6, 6.07) is 5.09. The Morgan fingerprint density at radius 1 is 1.59 bits per heavy atom. The van der Waals surface area contributed by atoms with E-state index in [2.05, 4.69) is 0 Å². The number of hydrogen-bond donors (Lipinski definition) is 1. The summed E-state index contributed by atoms with van der Waals surface area (Å²) in [6.45, 7) is 5.22. The highest BCUT2D eigenvalue weighted by Gasteiger charge is 2.23. The molecule has 1 N–H and O–H groups in total. The van der Waals surface area contributed by atoms with E-state index in [4.69, 9.17) is 14.6 Å². The van der Waals surface area contributed by atoms with Crippen LogP contribution in [-0.2, 0) is 4.74 Å². The largest absolute Gasteiger partial charge is 0.491 e. The van der Waals surface area contributed by atoms with E-state index in [9.17, 15) is 4.79 Å². The predicted molar refractivity (Wildman–Crippen MR) is 62.7 cm³/mol. The summed E-state index contributed by atoms with van der Waals surface area (Å²) in [5, 5.41) is 9.07. The smallest absolute Gasteiger partial charge is 0.335 e. The van der Waals surface area contributed by atoms with E-state index < -0.39 is 5.97 Å². The lowest BCUT2D eigenvalue weighted by atomic mass is 9.97. The second-order valence-electron chi connectivity index (χ2n) is 4.48. The Bertz CT molecular complexity index is 421. The molecule has 0 bridgehead atoms. The summed E-state index contributed by atoms with van der Waals surface area (Å²) in [6.07, 6.45) is 0.205. The highest BCUT2D eigenvalue weighted by Crippen LogP contribution is 2.25. The van der Waals surface area contributed by atoms with Crippen molar-refractivity contribution < 1.29 is 19.4 Å². The van der Waals surface area contributed by atoms with Gasteiger partial charge in [-0.2, -0.15) is 0 Å². The molecule has 1 aromatic carbocycles. The van der Waals surface area contributed by atoms with Gasteiger partial charge in [0, 0.05) is 0 Å². The lowest BCUT2D eigenvalue weighted by molar-refractivity contribution is 0.0695. The molecule has 0 radical (unpaired) electrons. The van der Waals surface area contributed by atoms with Gasteiger partial charge in [-0.1, -0.05) is 13.8 Å². The van der Waals surface area contributed by atoms with Crippen LogP contribution in [0.4, 0.5) is 0 Å². The molecule has 1 atom stereocenters. The molecule has 0 saturated carbocycles. The lowest BCUT2D eigenvalue weighted by Crippen LogP contribution is -2.07. The second kappa shape index (κ2) is 4.75. The molecule has 1 fully saturated rings. The molecule has 0 aromatic heterocycles. The molecule has 1 aliphatic heterocycles. The van der Waals surface area contributed by atoms with Gasteiger partial charge in [0.15, 0.2) is 0 Å². The van der Waals surface area contributed by atoms with Crippen molar-refractivity contribution in [2.45, 2.75) is 25.9 Å². The number of epoxide rings is 1. The summed E-state index contributed by atoms with van der Waals surface area (Å²) >= 11 is 0. The van der Waals surface area contributed by atoms with Crippen LogP contribution in [0.1, 0.15) is 35.7 Å². The first-order chi connectivity index (χ1) is 8.08. The number of carboxylic acid groups (broad SMARTS) is 1. The average Bonchev–Trinajstić information content (AvgIpc) is 3.09. The van der Waals surface area contributed by atoms with Crippen LogP contribution in [0.3, 0.4) is 0 Å². The fraction of sp³-hybridized carbons (Fsp3) is 0.462. The van der Waals surface area contributed by atoms with Crippen LogP contribution in [0.25, 0.3) is 0 Å². The zero-order chi connectivity index (χ0) is 12.4. The summed E-state index contributed by atoms with van der Waals surface area (Å²) in [7, 11) is 0. The van der Waals surface area contributed by atoms with Crippen molar-refractivity contribution in [2.24, 2.45) is 0 Å². The van der Waals surface area contributed by atoms with Crippen LogP contribution in [0.2, 0.25) is 0 Å². The van der Waals surface area contributed by atoms with Crippen LogP contribution in [0.5, 0.6) is 5.75 Å². The van der Waals surface area contributed by atoms with E-state index in [0.717, 1.165) is 12.2 Å². The predicted octanol–water partition coefficient (Wildman–Crippen LogP) is 2.29. The zero-order valence-corrected chi connectivity index (χ0v) is 9.97. The topological polar surface area (TPSA) is 59.1 Å². The van der Waals surface area contributed by atoms with Crippen molar-refractivity contribution in [3.8, 4) is 5.75 Å². The Morgan fingerprint density at radius 2 is 2.29 bits per heavy atom. The van der Waals surface area contributed by atoms with Crippen molar-refractivity contribution in [3.05, 3.63) is 29.3 Å². The van der Waals surface area contributed by atoms with E-state index in [-0.39, 0.29) is 12.0 Å². The molecule has 0 amide bonds. The second-order valence-corrected chi connectivity index (χ2v) is 4.48. The summed E-state index contributed by atoms with van der Waals surface area (Å²) in [4.78, 5) is 11.1. The number of benzene rings is 1. The number of aromatic carboxylic acids is 1. The summed E-state index contributed by atoms with van der Waals surface area (Å²) < 4.78 is 10.6. The first-order valence-electron chi connectivity index (χ1n) is 5.69. The molecule has 0 aliphatic carbocycles. The average molecular weight is 236 g/mol. The maximum absolute atomic E-state index is 11.1. The number of carboxylic acids is 1. The van der Waals surface area contributed by atoms with Crippen LogP contribution < -0.4 is 4.74 Å². The van der Waals surface area contributed by atoms with Gasteiger partial charge in [0.2, 0.25) is 0 Å². The Labute approximate surface area is 100 Å². The maximum Gasteiger partial charge on any atom is 0.335 e. The molecule has 1 saturated heterocycles. The van der Waals surface area contributed by atoms with Crippen molar-refractivity contribution in [3.63, 3.8) is 0 Å². The SMILES string of the molecule is CC(C)c1cc(OCC2CO2)ccc1C(=O)O. The molecule has 92 valence electrons. The minimum absolute atomic E-state index is 0.154. The molecule has 1 aliphatic rings. The normalized spacial score (nSPS) is 18.2. The van der Waals surface area contributed by atoms with Crippen molar-refractivity contribution in [2.75, 3.05) is 13.2 Å². The maximum atomic E-state index is 11.1. The number of hydrogen-bond acceptors (Lipinski definition) is 3. The minimum atomic E-state index is -0.897. The molecular formula is C13H16O4. The van der Waals surface area contributed by atoms with E-state index in [1.807, 2.05) is 13.8 Å². The third kappa shape index (κ3) is 2.97. The first kappa shape index (κ1) is 11.9. The lowest BCUT2D eigenvalue weighted by Gasteiger charge is -2.12. The van der Waals surface area contributed by atoms with E-state index in [1.165, 1.54) is 0 Å². The third-order valence-electron chi connectivity index (χ3n) is 2.71. The van der Waals surface area contributed by atoms with Gasteiger partial charge in [0.25, 0.3) is 0 Å². The molecular weight excluding hydrogens is 220 g/mol. The van der Waals surface area contributed by atoms with Gasteiger partial charge in [-0.25, -0.2) is 4.79 Å². The number of carbonyl (C=O) groups is 1. The fourth-order valence-electron chi connectivity index (χ4n) is 1.66. The van der Waals surface area contributed by atoms with Crippen molar-refractivity contribution in [1.82, 2.24) is 0 Å². The number of rotatable bonds is 5. The molecule has 4 nitrogen and oxygen atoms in total. The van der Waals surface area contributed by atoms with Crippen LogP contribution in [0.15, 0.2) is 18.2 Å². The quantitative estimate of drug-likeness (QED) is 0.797. The van der Waals surface area contributed by atoms with Gasteiger partial charge in [0.05, 0.1) is 12.2 Å². The summed E-state index contributed by atoms with van der Waals surface area (Å²) in [5.41, 5.74) is 1.14. The summed E-state index contributed by atoms with van der Waals surface area (Å²) in [5.74, 6) is -0.0400. The van der Waals surface area contributed by atoms with Gasteiger partial charge >= 0.3 is 5.97 Å². The van der Waals surface area contributed by atoms with Gasteiger partial charge in [0.1, 0.15) is 18.5 Å². The van der Waals surface area contributed by atoms with Crippen molar-refractivity contribution in [1.29, 1.82) is 0 Å². The Balaban J connectivity index is 2.17. The Hall–Kier alpha value is -1.55. The first-order valence-corrected chi connectivity index (χ1v) is 5.69. The highest BCUT2D eigenvalue weighted by atomic mass is 16.6. The van der Waals surface area contributed by atoms with Gasteiger partial charge in [-0.3, -0.25) is 0 Å². The molecule has 0 spiro atoms. The van der Waals surface area contributed by atoms with Gasteiger partial charge in [-0.05, 0) is 29.7 Å². The molecule has 2 rings (SSSR count). The van der Waals surface area contributed by atoms with Crippen LogP contribution in [0, 0.1) is 0 Å². The molecule has 1 unspecified atom stereocenters. The molecule has 17 heavy (non-hydrogen) atoms. The standard InChI is InChI=1S/C13H16O4/c1-8(2)12-5-9(16-6-10-7-17-10)3-4-11(12)13(14)15/h3-5,8,10H,6-7H2,1-2H3,(H,14,15). The molecule has 1 aromatic rings. The Kier molecular flexibility index (Phi) is 3.33. The van der Waals surface area contributed by atoms with Crippen molar-refractivity contribution >= 4 is 5.97 Å². The van der Waals surface area contributed by atoms with Gasteiger partial charge in [-0.15, -0.1) is 0 Å². The third-order valence-corrected chi connectivity index (χ3v) is 2.71. The Morgan fingerprint density at radius 3 is 2.82 bits per heavy atom. The van der Waals surface area contributed by atoms with E-state index in [0.29, 0.717) is 17.9 Å². The highest BCUT2D eigenvalue weighted by molar-refractivity contribution is 5.89. The van der Waals surface area contributed by atoms with Crippen LogP contribution >= 0.6 is 0 Å². The molecule has 4 heteroatoms. The van der Waals surface area contributed by atoms with E-state index >= 15 is 0 Å². The fourth-order valence-corrected chi connectivity index (χ4v) is 1.66. The zero-order valence-electron chi connectivity index (χ0n) is 9.97. The minimum Gasteiger partial charge on any atom is -0.491 e. The van der Waals surface area contributed by atoms with E-state index in [1.54, 1.807) is 18.2 Å². The monoisotopic (exact) mass is 236 g/mol. The van der Waals surface area contributed by atoms with Gasteiger partial charge < -0.3 is 14.6 Å².